The summed E-state index contributed by atoms with van der Waals surface area (Å²) < 4.78 is 26.7. The van der Waals surface area contributed by atoms with Crippen LogP contribution in [-0.4, -0.2) is 12.3 Å². The van der Waals surface area contributed by atoms with Crippen LogP contribution in [0.25, 0.3) is 0 Å². The Hall–Kier alpha value is 0.290. The molecule has 0 spiro atoms. The second-order valence-corrected chi connectivity index (χ2v) is 7.36. The van der Waals surface area contributed by atoms with E-state index in [2.05, 4.69) is 13.8 Å². The molecule has 0 N–H and O–H groups in total. The van der Waals surface area contributed by atoms with E-state index < -0.39 is 7.88 Å². The maximum atomic E-state index is 13.3. The highest BCUT2D eigenvalue weighted by atomic mass is 31.2. The van der Waals surface area contributed by atoms with Gasteiger partial charge in [0.25, 0.3) is 0 Å². The van der Waals surface area contributed by atoms with Crippen LogP contribution in [0.2, 0.25) is 0 Å². The summed E-state index contributed by atoms with van der Waals surface area (Å²) in [5, 5.41) is 0. The van der Waals surface area contributed by atoms with Gasteiger partial charge in [-0.05, 0) is 39.5 Å². The molecular formula is C11H24F2P+. The molecule has 14 heavy (non-hydrogen) atoms. The van der Waals surface area contributed by atoms with Gasteiger partial charge in [0, 0.05) is 0 Å². The van der Waals surface area contributed by atoms with Crippen LogP contribution < -0.4 is 0 Å². The first-order chi connectivity index (χ1) is 6.33. The first-order valence-corrected chi connectivity index (χ1v) is 7.54. The van der Waals surface area contributed by atoms with Gasteiger partial charge in [-0.15, -0.1) is 0 Å². The molecule has 0 atom stereocenters. The molecule has 0 radical (unpaired) electrons. The minimum absolute atomic E-state index is 0.169. The molecule has 0 aliphatic carbocycles. The Bertz CT molecular complexity index is 144. The zero-order valence-electron chi connectivity index (χ0n) is 9.89. The summed E-state index contributed by atoms with van der Waals surface area (Å²) in [6, 6.07) is 0. The van der Waals surface area contributed by atoms with Crippen molar-refractivity contribution in [2.75, 3.05) is 12.3 Å². The fraction of sp³-hybridized carbons (Fsp3) is 1.00. The molecule has 0 aromatic carbocycles. The molecule has 0 saturated carbocycles. The lowest BCUT2D eigenvalue weighted by atomic mass is 10.1. The topological polar surface area (TPSA) is 0 Å². The number of hydrogen-bond acceptors (Lipinski definition) is 0. The fourth-order valence-corrected chi connectivity index (χ4v) is 3.05. The van der Waals surface area contributed by atoms with E-state index in [4.69, 9.17) is 0 Å². The highest BCUT2D eigenvalue weighted by Crippen LogP contribution is 2.63. The highest BCUT2D eigenvalue weighted by Gasteiger charge is 2.39. The Morgan fingerprint density at radius 2 is 1.36 bits per heavy atom. The van der Waals surface area contributed by atoms with E-state index in [1.807, 2.05) is 13.8 Å². The smallest absolute Gasteiger partial charge is 0.0628 e. The van der Waals surface area contributed by atoms with E-state index >= 15 is 0 Å². The minimum Gasteiger partial charge on any atom is -0.0628 e. The van der Waals surface area contributed by atoms with Gasteiger partial charge < -0.3 is 0 Å². The Kier molecular flexibility index (Phi) is 6.85. The van der Waals surface area contributed by atoms with Crippen LogP contribution in [0.5, 0.6) is 0 Å². The lowest BCUT2D eigenvalue weighted by molar-refractivity contribution is 0.559. The third-order valence-electron chi connectivity index (χ3n) is 2.30. The molecule has 0 rings (SSSR count). The largest absolute Gasteiger partial charge is 0.387 e. The maximum absolute atomic E-state index is 13.3. The van der Waals surface area contributed by atoms with Gasteiger partial charge in [-0.1, -0.05) is 27.7 Å². The summed E-state index contributed by atoms with van der Waals surface area (Å²) in [5.74, 6) is 0.964. The molecule has 3 heteroatoms. The first kappa shape index (κ1) is 14.3. The van der Waals surface area contributed by atoms with Crippen LogP contribution in [0, 0.1) is 11.8 Å². The van der Waals surface area contributed by atoms with Gasteiger partial charge in [0.1, 0.15) is 12.3 Å². The Morgan fingerprint density at radius 3 is 1.79 bits per heavy atom. The third kappa shape index (κ3) is 8.87. The lowest BCUT2D eigenvalue weighted by Crippen LogP contribution is -1.99. The molecule has 0 nitrogen and oxygen atoms in total. The Labute approximate surface area is 88.0 Å². The average Bonchev–Trinajstić information content (AvgIpc) is 2.00. The quantitative estimate of drug-likeness (QED) is 0.519. The molecule has 0 aliphatic rings. The van der Waals surface area contributed by atoms with E-state index in [-0.39, 0.29) is 12.3 Å². The van der Waals surface area contributed by atoms with E-state index in [0.717, 1.165) is 6.42 Å². The average molecular weight is 225 g/mol. The summed E-state index contributed by atoms with van der Waals surface area (Å²) >= 11 is 0. The summed E-state index contributed by atoms with van der Waals surface area (Å²) in [7, 11) is -3.55. The van der Waals surface area contributed by atoms with Gasteiger partial charge in [0.15, 0.2) is 0 Å². The predicted molar refractivity (Wildman–Crippen MR) is 62.4 cm³/mol. The molecule has 86 valence electrons. The van der Waals surface area contributed by atoms with Crippen LogP contribution in [0.1, 0.15) is 47.0 Å². The molecule has 0 aromatic rings. The minimum atomic E-state index is -3.55. The predicted octanol–water partition coefficient (Wildman–Crippen LogP) is 5.26. The molecule has 0 amide bonds. The number of hydrogen-bond donors (Lipinski definition) is 0. The normalized spacial score (nSPS) is 12.9. The number of halogens is 2. The van der Waals surface area contributed by atoms with Gasteiger partial charge in [-0.2, -0.15) is 0 Å². The molecule has 0 unspecified atom stereocenters. The molecule has 0 aliphatic heterocycles. The van der Waals surface area contributed by atoms with Crippen molar-refractivity contribution in [2.45, 2.75) is 47.0 Å². The van der Waals surface area contributed by atoms with Crippen LogP contribution in [-0.2, 0) is 0 Å². The molecule has 0 saturated heterocycles. The SMILES string of the molecule is CC(C)CCC[P+](F)(F)CCC(C)C. The monoisotopic (exact) mass is 225 g/mol. The van der Waals surface area contributed by atoms with Crippen molar-refractivity contribution in [3.8, 4) is 0 Å². The Balaban J connectivity index is 3.61. The standard InChI is InChI=1S/C11H24F2P/c1-10(2)6-5-8-14(12,13)9-7-11(3)4/h10-11H,5-9H2,1-4H3/q+1. The number of rotatable bonds is 7. The summed E-state index contributed by atoms with van der Waals surface area (Å²) in [6.45, 7) is 8.19. The molecule has 0 fully saturated rings. The van der Waals surface area contributed by atoms with Gasteiger partial charge >= 0.3 is 7.88 Å². The van der Waals surface area contributed by atoms with Crippen molar-refractivity contribution in [3.05, 3.63) is 0 Å². The van der Waals surface area contributed by atoms with Crippen molar-refractivity contribution in [2.24, 2.45) is 11.8 Å². The zero-order valence-corrected chi connectivity index (χ0v) is 10.8. The molecular weight excluding hydrogens is 201 g/mol. The second kappa shape index (κ2) is 6.71. The lowest BCUT2D eigenvalue weighted by Gasteiger charge is -2.08. The van der Waals surface area contributed by atoms with Gasteiger partial charge in [0.2, 0.25) is 0 Å². The molecule has 0 bridgehead atoms. The van der Waals surface area contributed by atoms with E-state index in [9.17, 15) is 8.39 Å². The molecule has 0 heterocycles. The van der Waals surface area contributed by atoms with Gasteiger partial charge in [-0.3, -0.25) is 0 Å². The van der Waals surface area contributed by atoms with Crippen molar-refractivity contribution in [1.82, 2.24) is 0 Å². The second-order valence-electron chi connectivity index (χ2n) is 4.93. The van der Waals surface area contributed by atoms with Gasteiger partial charge in [-0.25, -0.2) is 0 Å². The van der Waals surface area contributed by atoms with Crippen LogP contribution in [0.4, 0.5) is 8.39 Å². The van der Waals surface area contributed by atoms with Crippen molar-refractivity contribution >= 4 is 7.88 Å². The van der Waals surface area contributed by atoms with Crippen molar-refractivity contribution in [3.63, 3.8) is 0 Å². The van der Waals surface area contributed by atoms with Crippen LogP contribution in [0.15, 0.2) is 0 Å². The van der Waals surface area contributed by atoms with E-state index in [0.29, 0.717) is 24.7 Å². The first-order valence-electron chi connectivity index (χ1n) is 5.60. The van der Waals surface area contributed by atoms with Crippen molar-refractivity contribution in [1.29, 1.82) is 0 Å². The summed E-state index contributed by atoms with van der Waals surface area (Å²) in [6.07, 6.45) is 2.68. The summed E-state index contributed by atoms with van der Waals surface area (Å²) in [5.41, 5.74) is 0. The maximum Gasteiger partial charge on any atom is 0.387 e. The zero-order chi connectivity index (χ0) is 11.2. The molecule has 0 aromatic heterocycles. The van der Waals surface area contributed by atoms with E-state index in [1.165, 1.54) is 0 Å². The van der Waals surface area contributed by atoms with E-state index in [1.54, 1.807) is 0 Å². The van der Waals surface area contributed by atoms with Crippen molar-refractivity contribution < 1.29 is 8.39 Å². The fourth-order valence-electron chi connectivity index (χ4n) is 1.29. The van der Waals surface area contributed by atoms with Crippen LogP contribution in [0.3, 0.4) is 0 Å². The third-order valence-corrected chi connectivity index (χ3v) is 4.18. The van der Waals surface area contributed by atoms with Gasteiger partial charge in [0.05, 0.1) is 0 Å². The van der Waals surface area contributed by atoms with Crippen LogP contribution >= 0.6 is 7.88 Å². The summed E-state index contributed by atoms with van der Waals surface area (Å²) in [4.78, 5) is 0. The highest BCUT2D eigenvalue weighted by molar-refractivity contribution is 7.65. The Morgan fingerprint density at radius 1 is 0.857 bits per heavy atom.